The Labute approximate surface area is 163 Å². The second kappa shape index (κ2) is 9.45. The van der Waals surface area contributed by atoms with Gasteiger partial charge in [0.2, 0.25) is 5.82 Å². The number of para-hydroxylation sites is 1. The lowest BCUT2D eigenvalue weighted by Gasteiger charge is -2.13. The smallest absolute Gasteiger partial charge is 0.291 e. The molecule has 0 spiro atoms. The van der Waals surface area contributed by atoms with Crippen molar-refractivity contribution < 1.29 is 9.59 Å². The highest BCUT2D eigenvalue weighted by atomic mass is 16.2. The van der Waals surface area contributed by atoms with E-state index in [1.54, 1.807) is 0 Å². The van der Waals surface area contributed by atoms with Crippen LogP contribution in [0.25, 0.3) is 0 Å². The van der Waals surface area contributed by atoms with Crippen LogP contribution in [0, 0.1) is 0 Å². The average molecular weight is 377 g/mol. The molecule has 0 aliphatic carbocycles. The number of benzene rings is 2. The molecule has 1 heterocycles. The van der Waals surface area contributed by atoms with Crippen LogP contribution >= 0.6 is 0 Å². The predicted octanol–water partition coefficient (Wildman–Crippen LogP) is 2.37. The van der Waals surface area contributed by atoms with Crippen molar-refractivity contribution in [1.29, 1.82) is 0 Å². The summed E-state index contributed by atoms with van der Waals surface area (Å²) in [6.07, 6.45) is 2.46. The Kier molecular flexibility index (Phi) is 6.51. The number of nitrogens with zero attached hydrogens (tertiary/aromatic N) is 2. The zero-order valence-corrected chi connectivity index (χ0v) is 15.7. The maximum Gasteiger partial charge on any atom is 0.291 e. The Morgan fingerprint density at radius 2 is 1.89 bits per heavy atom. The first-order valence-electron chi connectivity index (χ1n) is 9.16. The molecular weight excluding hydrogens is 354 g/mol. The third-order valence-corrected chi connectivity index (χ3v) is 4.44. The monoisotopic (exact) mass is 377 g/mol. The quantitative estimate of drug-likeness (QED) is 0.497. The lowest BCUT2D eigenvalue weighted by molar-refractivity contribution is -0.109. The number of carbonyl (C=O) groups is 2. The van der Waals surface area contributed by atoms with Crippen molar-refractivity contribution in [3.63, 3.8) is 0 Å². The van der Waals surface area contributed by atoms with Gasteiger partial charge in [-0.3, -0.25) is 9.89 Å². The highest BCUT2D eigenvalue weighted by Gasteiger charge is 2.17. The predicted molar refractivity (Wildman–Crippen MR) is 107 cm³/mol. The highest BCUT2D eigenvalue weighted by Crippen LogP contribution is 2.16. The van der Waals surface area contributed by atoms with Crippen LogP contribution in [0.1, 0.15) is 34.0 Å². The van der Waals surface area contributed by atoms with Gasteiger partial charge < -0.3 is 15.4 Å². The van der Waals surface area contributed by atoms with Crippen LogP contribution in [0.4, 0.5) is 5.69 Å². The number of aldehydes is 1. The molecule has 3 N–H and O–H groups in total. The number of hydrogen-bond acceptors (Lipinski definition) is 5. The van der Waals surface area contributed by atoms with Gasteiger partial charge in [0.25, 0.3) is 5.91 Å². The van der Waals surface area contributed by atoms with Crippen LogP contribution in [0.15, 0.2) is 54.6 Å². The van der Waals surface area contributed by atoms with Gasteiger partial charge in [-0.05, 0) is 30.0 Å². The van der Waals surface area contributed by atoms with Crippen molar-refractivity contribution in [3.05, 3.63) is 77.4 Å². The molecule has 1 atom stereocenters. The van der Waals surface area contributed by atoms with Crippen LogP contribution in [0.5, 0.6) is 0 Å². The van der Waals surface area contributed by atoms with Gasteiger partial charge in [-0.1, -0.05) is 48.5 Å². The van der Waals surface area contributed by atoms with Crippen LogP contribution in [-0.2, 0) is 17.6 Å². The van der Waals surface area contributed by atoms with Gasteiger partial charge in [0, 0.05) is 19.2 Å². The normalized spacial score (nSPS) is 11.6. The standard InChI is InChI=1S/C21H23N5O2/c1-22-18-10-6-5-9-16(18)11-12-17(14-27)23-21(28)20-24-19(25-26-20)13-15-7-3-2-4-8-15/h2-10,14,17,22H,11-13H2,1H3,(H,23,28)(H,24,25,26)/t17-/m0/s1. The van der Waals surface area contributed by atoms with Crippen molar-refractivity contribution >= 4 is 17.9 Å². The number of hydrogen-bond donors (Lipinski definition) is 3. The van der Waals surface area contributed by atoms with Gasteiger partial charge in [-0.2, -0.15) is 0 Å². The summed E-state index contributed by atoms with van der Waals surface area (Å²) in [5.74, 6) is 0.171. The lowest BCUT2D eigenvalue weighted by atomic mass is 10.0. The zero-order valence-electron chi connectivity index (χ0n) is 15.7. The largest absolute Gasteiger partial charge is 0.388 e. The third kappa shape index (κ3) is 5.03. The van der Waals surface area contributed by atoms with E-state index >= 15 is 0 Å². The summed E-state index contributed by atoms with van der Waals surface area (Å²) in [7, 11) is 1.86. The average Bonchev–Trinajstić information content (AvgIpc) is 3.20. The van der Waals surface area contributed by atoms with Gasteiger partial charge in [0.1, 0.15) is 12.1 Å². The molecule has 2 aromatic carbocycles. The summed E-state index contributed by atoms with van der Waals surface area (Å²) in [5, 5.41) is 12.6. The van der Waals surface area contributed by atoms with E-state index in [0.717, 1.165) is 23.1 Å². The van der Waals surface area contributed by atoms with E-state index in [2.05, 4.69) is 25.8 Å². The molecule has 0 bridgehead atoms. The van der Waals surface area contributed by atoms with Gasteiger partial charge >= 0.3 is 0 Å². The molecule has 1 aromatic heterocycles. The van der Waals surface area contributed by atoms with Gasteiger partial charge in [-0.25, -0.2) is 4.98 Å². The molecule has 3 aromatic rings. The summed E-state index contributed by atoms with van der Waals surface area (Å²) in [6.45, 7) is 0. The van der Waals surface area contributed by atoms with E-state index in [0.29, 0.717) is 25.1 Å². The fourth-order valence-electron chi connectivity index (χ4n) is 2.97. The van der Waals surface area contributed by atoms with E-state index in [-0.39, 0.29) is 5.82 Å². The minimum Gasteiger partial charge on any atom is -0.388 e. The minimum atomic E-state index is -0.603. The molecule has 7 heteroatoms. The number of anilines is 1. The maximum absolute atomic E-state index is 12.4. The molecule has 3 rings (SSSR count). The van der Waals surface area contributed by atoms with Crippen LogP contribution < -0.4 is 10.6 Å². The first-order valence-corrected chi connectivity index (χ1v) is 9.16. The molecule has 0 aliphatic rings. The zero-order chi connectivity index (χ0) is 19.8. The molecule has 0 fully saturated rings. The van der Waals surface area contributed by atoms with Gasteiger partial charge in [0.15, 0.2) is 0 Å². The number of H-pyrrole nitrogens is 1. The molecule has 28 heavy (non-hydrogen) atoms. The molecule has 0 unspecified atom stereocenters. The van der Waals surface area contributed by atoms with Crippen molar-refractivity contribution in [2.45, 2.75) is 25.3 Å². The SMILES string of the molecule is CNc1ccccc1CC[C@@H](C=O)NC(=O)c1n[nH]c(Cc2ccccc2)n1. The fourth-order valence-corrected chi connectivity index (χ4v) is 2.97. The summed E-state index contributed by atoms with van der Waals surface area (Å²) >= 11 is 0. The van der Waals surface area contributed by atoms with Crippen molar-refractivity contribution in [1.82, 2.24) is 20.5 Å². The van der Waals surface area contributed by atoms with Crippen molar-refractivity contribution in [3.8, 4) is 0 Å². The van der Waals surface area contributed by atoms with E-state index in [9.17, 15) is 9.59 Å². The fraction of sp³-hybridized carbons (Fsp3) is 0.238. The Hall–Kier alpha value is -3.48. The van der Waals surface area contributed by atoms with Gasteiger partial charge in [0.05, 0.1) is 6.04 Å². The summed E-state index contributed by atoms with van der Waals surface area (Å²) in [4.78, 5) is 28.0. The first-order chi connectivity index (χ1) is 13.7. The lowest BCUT2D eigenvalue weighted by Crippen LogP contribution is -2.37. The highest BCUT2D eigenvalue weighted by molar-refractivity contribution is 5.92. The van der Waals surface area contributed by atoms with Crippen LogP contribution in [-0.4, -0.2) is 40.5 Å². The number of amides is 1. The summed E-state index contributed by atoms with van der Waals surface area (Å²) < 4.78 is 0. The second-order valence-corrected chi connectivity index (χ2v) is 6.43. The number of aryl methyl sites for hydroxylation is 1. The number of carbonyl (C=O) groups excluding carboxylic acids is 2. The summed E-state index contributed by atoms with van der Waals surface area (Å²) in [5.41, 5.74) is 3.17. The Bertz CT molecular complexity index is 923. The third-order valence-electron chi connectivity index (χ3n) is 4.44. The number of rotatable bonds is 9. The van der Waals surface area contributed by atoms with Crippen molar-refractivity contribution in [2.75, 3.05) is 12.4 Å². The number of aromatic amines is 1. The topological polar surface area (TPSA) is 99.8 Å². The van der Waals surface area contributed by atoms with E-state index in [4.69, 9.17) is 0 Å². The molecule has 0 radical (unpaired) electrons. The molecule has 0 aliphatic heterocycles. The minimum absolute atomic E-state index is 0.0356. The number of aromatic nitrogens is 3. The molecule has 7 nitrogen and oxygen atoms in total. The first kappa shape index (κ1) is 19.3. The number of nitrogens with one attached hydrogen (secondary N) is 3. The second-order valence-electron chi connectivity index (χ2n) is 6.43. The Balaban J connectivity index is 1.57. The summed E-state index contributed by atoms with van der Waals surface area (Å²) in [6, 6.07) is 17.1. The maximum atomic E-state index is 12.4. The Morgan fingerprint density at radius 3 is 2.64 bits per heavy atom. The molecular formula is C21H23N5O2. The molecule has 0 saturated heterocycles. The van der Waals surface area contributed by atoms with Crippen LogP contribution in [0.3, 0.4) is 0 Å². The van der Waals surface area contributed by atoms with Crippen molar-refractivity contribution in [2.24, 2.45) is 0 Å². The van der Waals surface area contributed by atoms with Crippen LogP contribution in [0.2, 0.25) is 0 Å². The van der Waals surface area contributed by atoms with E-state index in [1.165, 1.54) is 0 Å². The Morgan fingerprint density at radius 1 is 1.14 bits per heavy atom. The molecule has 1 amide bonds. The molecule has 0 saturated carbocycles. The van der Waals surface area contributed by atoms with Gasteiger partial charge in [-0.15, -0.1) is 5.10 Å². The van der Waals surface area contributed by atoms with E-state index in [1.807, 2.05) is 61.6 Å². The molecule has 144 valence electrons. The van der Waals surface area contributed by atoms with E-state index < -0.39 is 11.9 Å².